The molecular weight excluding hydrogens is 206 g/mol. The van der Waals surface area contributed by atoms with Gasteiger partial charge >= 0.3 is 0 Å². The topological polar surface area (TPSA) is 35.2 Å². The highest BCUT2D eigenvalue weighted by Gasteiger charge is 2.15. The minimum atomic E-state index is 0.162. The summed E-state index contributed by atoms with van der Waals surface area (Å²) in [5.74, 6) is 0. The summed E-state index contributed by atoms with van der Waals surface area (Å²) in [7, 11) is 1.75. The molecule has 0 aliphatic carbocycles. The molecule has 0 aromatic carbocycles. The van der Waals surface area contributed by atoms with Crippen molar-refractivity contribution in [2.24, 2.45) is 5.73 Å². The van der Waals surface area contributed by atoms with E-state index in [4.69, 9.17) is 10.5 Å². The number of methoxy groups -OCH3 is 1. The molecule has 86 valence electrons. The van der Waals surface area contributed by atoms with E-state index in [9.17, 15) is 0 Å². The molecule has 0 spiro atoms. The van der Waals surface area contributed by atoms with Crippen molar-refractivity contribution in [2.75, 3.05) is 7.11 Å². The highest BCUT2D eigenvalue weighted by atomic mass is 32.1. The van der Waals surface area contributed by atoms with E-state index in [0.717, 1.165) is 25.7 Å². The second kappa shape index (κ2) is 6.99. The number of rotatable bonds is 7. The Morgan fingerprint density at radius 2 is 2.27 bits per heavy atom. The molecule has 1 heterocycles. The van der Waals surface area contributed by atoms with Crippen molar-refractivity contribution in [3.63, 3.8) is 0 Å². The molecular formula is C12H21NOS. The van der Waals surface area contributed by atoms with Crippen LogP contribution in [0, 0.1) is 0 Å². The molecule has 0 amide bonds. The molecule has 0 fully saturated rings. The summed E-state index contributed by atoms with van der Waals surface area (Å²) < 4.78 is 5.40. The molecule has 2 unspecified atom stereocenters. The van der Waals surface area contributed by atoms with Crippen LogP contribution in [0.25, 0.3) is 0 Å². The van der Waals surface area contributed by atoms with E-state index in [1.807, 2.05) is 0 Å². The number of ether oxygens (including phenoxy) is 1. The summed E-state index contributed by atoms with van der Waals surface area (Å²) in [6.45, 7) is 2.16. The number of hydrogen-bond donors (Lipinski definition) is 1. The summed E-state index contributed by atoms with van der Waals surface area (Å²) in [5, 5.41) is 4.30. The number of thiophene rings is 1. The monoisotopic (exact) mass is 227 g/mol. The van der Waals surface area contributed by atoms with Crippen LogP contribution in [0.4, 0.5) is 0 Å². The van der Waals surface area contributed by atoms with Gasteiger partial charge in [-0.3, -0.25) is 0 Å². The van der Waals surface area contributed by atoms with Gasteiger partial charge < -0.3 is 10.5 Å². The SMILES string of the molecule is CCCC(OC)C(N)CCc1ccsc1. The van der Waals surface area contributed by atoms with Crippen molar-refractivity contribution in [1.29, 1.82) is 0 Å². The fourth-order valence-electron chi connectivity index (χ4n) is 1.75. The predicted octanol–water partition coefficient (Wildman–Crippen LogP) is 2.82. The molecule has 0 saturated carbocycles. The minimum Gasteiger partial charge on any atom is -0.380 e. The molecule has 0 aliphatic heterocycles. The molecule has 1 aromatic heterocycles. The molecule has 15 heavy (non-hydrogen) atoms. The van der Waals surface area contributed by atoms with E-state index in [2.05, 4.69) is 23.8 Å². The van der Waals surface area contributed by atoms with Gasteiger partial charge in [-0.05, 0) is 41.7 Å². The Bertz CT molecular complexity index is 248. The van der Waals surface area contributed by atoms with Gasteiger partial charge in [0, 0.05) is 13.2 Å². The summed E-state index contributed by atoms with van der Waals surface area (Å²) >= 11 is 1.74. The standard InChI is InChI=1S/C12H21NOS/c1-3-4-12(14-2)11(13)6-5-10-7-8-15-9-10/h7-9,11-12H,3-6,13H2,1-2H3. The molecule has 2 N–H and O–H groups in total. The first kappa shape index (κ1) is 12.7. The Kier molecular flexibility index (Phi) is 5.91. The van der Waals surface area contributed by atoms with Crippen molar-refractivity contribution >= 4 is 11.3 Å². The van der Waals surface area contributed by atoms with Crippen molar-refractivity contribution in [3.05, 3.63) is 22.4 Å². The van der Waals surface area contributed by atoms with Gasteiger partial charge in [-0.2, -0.15) is 11.3 Å². The van der Waals surface area contributed by atoms with Crippen LogP contribution in [0.1, 0.15) is 31.7 Å². The Hall–Kier alpha value is -0.380. The smallest absolute Gasteiger partial charge is 0.0722 e. The first-order chi connectivity index (χ1) is 7.27. The average Bonchev–Trinajstić information content (AvgIpc) is 2.75. The first-order valence-electron chi connectivity index (χ1n) is 5.57. The predicted molar refractivity (Wildman–Crippen MR) is 66.3 cm³/mol. The van der Waals surface area contributed by atoms with Crippen LogP contribution >= 0.6 is 11.3 Å². The quantitative estimate of drug-likeness (QED) is 0.777. The maximum atomic E-state index is 6.11. The normalized spacial score (nSPS) is 15.1. The Balaban J connectivity index is 2.30. The van der Waals surface area contributed by atoms with Crippen LogP contribution in [-0.2, 0) is 11.2 Å². The highest BCUT2D eigenvalue weighted by Crippen LogP contribution is 2.13. The van der Waals surface area contributed by atoms with E-state index in [1.165, 1.54) is 5.56 Å². The number of aryl methyl sites for hydroxylation is 1. The third-order valence-electron chi connectivity index (χ3n) is 2.70. The van der Waals surface area contributed by atoms with Gasteiger partial charge in [-0.25, -0.2) is 0 Å². The van der Waals surface area contributed by atoms with Gasteiger partial charge in [0.1, 0.15) is 0 Å². The van der Waals surface area contributed by atoms with Crippen LogP contribution in [0.15, 0.2) is 16.8 Å². The largest absolute Gasteiger partial charge is 0.380 e. The van der Waals surface area contributed by atoms with Crippen LogP contribution in [0.2, 0.25) is 0 Å². The molecule has 0 bridgehead atoms. The summed E-state index contributed by atoms with van der Waals surface area (Å²) in [4.78, 5) is 0. The Morgan fingerprint density at radius 3 is 2.80 bits per heavy atom. The van der Waals surface area contributed by atoms with Gasteiger partial charge in [0.2, 0.25) is 0 Å². The van der Waals surface area contributed by atoms with Crippen LogP contribution in [0.3, 0.4) is 0 Å². The zero-order valence-corrected chi connectivity index (χ0v) is 10.4. The molecule has 3 heteroatoms. The summed E-state index contributed by atoms with van der Waals surface area (Å²) in [6, 6.07) is 2.33. The van der Waals surface area contributed by atoms with E-state index < -0.39 is 0 Å². The molecule has 1 aromatic rings. The van der Waals surface area contributed by atoms with Gasteiger partial charge in [0.15, 0.2) is 0 Å². The van der Waals surface area contributed by atoms with Crippen molar-refractivity contribution in [2.45, 2.75) is 44.8 Å². The zero-order chi connectivity index (χ0) is 11.1. The van der Waals surface area contributed by atoms with E-state index in [0.29, 0.717) is 0 Å². The number of hydrogen-bond acceptors (Lipinski definition) is 3. The van der Waals surface area contributed by atoms with E-state index in [1.54, 1.807) is 18.4 Å². The Morgan fingerprint density at radius 1 is 1.47 bits per heavy atom. The Labute approximate surface area is 96.4 Å². The van der Waals surface area contributed by atoms with Gasteiger partial charge in [0.05, 0.1) is 6.10 Å². The van der Waals surface area contributed by atoms with Crippen molar-refractivity contribution in [3.8, 4) is 0 Å². The maximum absolute atomic E-state index is 6.11. The first-order valence-corrected chi connectivity index (χ1v) is 6.51. The second-order valence-corrected chi connectivity index (χ2v) is 4.68. The third kappa shape index (κ3) is 4.33. The summed E-state index contributed by atoms with van der Waals surface area (Å²) in [6.07, 6.45) is 4.48. The number of nitrogens with two attached hydrogens (primary N) is 1. The van der Waals surface area contributed by atoms with Gasteiger partial charge in [0.25, 0.3) is 0 Å². The summed E-state index contributed by atoms with van der Waals surface area (Å²) in [5.41, 5.74) is 7.50. The third-order valence-corrected chi connectivity index (χ3v) is 3.43. The van der Waals surface area contributed by atoms with Crippen LogP contribution in [-0.4, -0.2) is 19.3 Å². The lowest BCUT2D eigenvalue weighted by Gasteiger charge is -2.21. The van der Waals surface area contributed by atoms with Crippen molar-refractivity contribution < 1.29 is 4.74 Å². The van der Waals surface area contributed by atoms with Crippen LogP contribution < -0.4 is 5.73 Å². The van der Waals surface area contributed by atoms with Gasteiger partial charge in [-0.15, -0.1) is 0 Å². The highest BCUT2D eigenvalue weighted by molar-refractivity contribution is 7.07. The molecule has 2 nitrogen and oxygen atoms in total. The van der Waals surface area contributed by atoms with Crippen LogP contribution in [0.5, 0.6) is 0 Å². The lowest BCUT2D eigenvalue weighted by atomic mass is 10.0. The molecule has 0 aliphatic rings. The molecule has 0 saturated heterocycles. The van der Waals surface area contributed by atoms with E-state index in [-0.39, 0.29) is 12.1 Å². The second-order valence-electron chi connectivity index (χ2n) is 3.90. The lowest BCUT2D eigenvalue weighted by Crippen LogP contribution is -2.36. The molecule has 2 atom stereocenters. The zero-order valence-electron chi connectivity index (χ0n) is 9.61. The minimum absolute atomic E-state index is 0.162. The molecule has 0 radical (unpaired) electrons. The average molecular weight is 227 g/mol. The van der Waals surface area contributed by atoms with E-state index >= 15 is 0 Å². The lowest BCUT2D eigenvalue weighted by molar-refractivity contribution is 0.0703. The fourth-order valence-corrected chi connectivity index (χ4v) is 2.45. The fraction of sp³-hybridized carbons (Fsp3) is 0.667. The van der Waals surface area contributed by atoms with Gasteiger partial charge in [-0.1, -0.05) is 13.3 Å². The molecule has 1 rings (SSSR count). The maximum Gasteiger partial charge on any atom is 0.0722 e. The van der Waals surface area contributed by atoms with Crippen molar-refractivity contribution in [1.82, 2.24) is 0 Å².